The molecule has 0 saturated carbocycles. The maximum absolute atomic E-state index is 12.1. The topological polar surface area (TPSA) is 87.7 Å². The Balaban J connectivity index is 2.41. The van der Waals surface area contributed by atoms with Crippen LogP contribution in [0.25, 0.3) is 0 Å². The predicted molar refractivity (Wildman–Crippen MR) is 57.5 cm³/mol. The predicted octanol–water partition coefficient (Wildman–Crippen LogP) is 0.726. The summed E-state index contributed by atoms with van der Waals surface area (Å²) in [5, 5.41) is 13.2. The van der Waals surface area contributed by atoms with E-state index in [2.05, 4.69) is 10.6 Å². The highest BCUT2D eigenvalue weighted by Crippen LogP contribution is 2.21. The van der Waals surface area contributed by atoms with Crippen molar-refractivity contribution < 1.29 is 32.6 Å². The molecule has 0 aromatic rings. The number of alkyl halides is 3. The molecule has 0 spiro atoms. The molecule has 1 fully saturated rings. The van der Waals surface area contributed by atoms with Gasteiger partial charge in [0.15, 0.2) is 0 Å². The van der Waals surface area contributed by atoms with Crippen molar-refractivity contribution in [2.45, 2.75) is 31.6 Å². The zero-order valence-electron chi connectivity index (χ0n) is 10.2. The SMILES string of the molecule is CC(CC(F)(F)F)NC(=O)NC1COCC1C(=O)O. The van der Waals surface area contributed by atoms with E-state index in [-0.39, 0.29) is 13.2 Å². The van der Waals surface area contributed by atoms with Gasteiger partial charge in [0.2, 0.25) is 0 Å². The molecule has 1 saturated heterocycles. The summed E-state index contributed by atoms with van der Waals surface area (Å²) in [6.07, 6.45) is -5.52. The Labute approximate surface area is 107 Å². The molecule has 3 unspecified atom stereocenters. The van der Waals surface area contributed by atoms with Gasteiger partial charge >= 0.3 is 18.2 Å². The van der Waals surface area contributed by atoms with E-state index in [1.807, 2.05) is 0 Å². The highest BCUT2D eigenvalue weighted by atomic mass is 19.4. The lowest BCUT2D eigenvalue weighted by Crippen LogP contribution is -2.49. The molecular formula is C10H15F3N2O4. The van der Waals surface area contributed by atoms with Crippen LogP contribution in [0.5, 0.6) is 0 Å². The van der Waals surface area contributed by atoms with Crippen molar-refractivity contribution >= 4 is 12.0 Å². The zero-order valence-corrected chi connectivity index (χ0v) is 10.2. The largest absolute Gasteiger partial charge is 0.481 e. The van der Waals surface area contributed by atoms with Crippen LogP contribution < -0.4 is 10.6 Å². The van der Waals surface area contributed by atoms with Crippen LogP contribution in [-0.4, -0.2) is 48.6 Å². The van der Waals surface area contributed by atoms with Crippen LogP contribution in [0.1, 0.15) is 13.3 Å². The molecule has 2 amide bonds. The van der Waals surface area contributed by atoms with Gasteiger partial charge in [-0.1, -0.05) is 0 Å². The molecule has 1 aliphatic heterocycles. The number of amides is 2. The number of urea groups is 1. The van der Waals surface area contributed by atoms with E-state index in [1.54, 1.807) is 0 Å². The highest BCUT2D eigenvalue weighted by Gasteiger charge is 2.36. The molecule has 3 N–H and O–H groups in total. The number of hydrogen-bond donors (Lipinski definition) is 3. The molecule has 9 heteroatoms. The molecule has 0 aromatic carbocycles. The van der Waals surface area contributed by atoms with Gasteiger partial charge in [-0.05, 0) is 6.92 Å². The average molecular weight is 284 g/mol. The number of rotatable bonds is 4. The number of hydrogen-bond acceptors (Lipinski definition) is 3. The lowest BCUT2D eigenvalue weighted by Gasteiger charge is -2.20. The van der Waals surface area contributed by atoms with Crippen LogP contribution in [0.3, 0.4) is 0 Å². The van der Waals surface area contributed by atoms with Gasteiger partial charge in [-0.3, -0.25) is 4.79 Å². The van der Waals surface area contributed by atoms with Crippen LogP contribution in [0.4, 0.5) is 18.0 Å². The van der Waals surface area contributed by atoms with Gasteiger partial charge in [0, 0.05) is 6.04 Å². The quantitative estimate of drug-likeness (QED) is 0.710. The molecule has 0 bridgehead atoms. The van der Waals surface area contributed by atoms with E-state index in [0.717, 1.165) is 0 Å². The molecule has 3 atom stereocenters. The molecule has 1 rings (SSSR count). The fraction of sp³-hybridized carbons (Fsp3) is 0.800. The maximum atomic E-state index is 12.1. The van der Waals surface area contributed by atoms with Gasteiger partial charge in [0.05, 0.1) is 25.7 Å². The van der Waals surface area contributed by atoms with Crippen molar-refractivity contribution in [3.63, 3.8) is 0 Å². The van der Waals surface area contributed by atoms with Crippen molar-refractivity contribution in [2.24, 2.45) is 5.92 Å². The van der Waals surface area contributed by atoms with Gasteiger partial charge in [0.25, 0.3) is 0 Å². The van der Waals surface area contributed by atoms with Gasteiger partial charge < -0.3 is 20.5 Å². The first-order chi connectivity index (χ1) is 8.69. The Hall–Kier alpha value is -1.51. The second-order valence-corrected chi connectivity index (χ2v) is 4.43. The van der Waals surface area contributed by atoms with Crippen molar-refractivity contribution in [3.05, 3.63) is 0 Å². The van der Waals surface area contributed by atoms with Gasteiger partial charge in [-0.2, -0.15) is 13.2 Å². The lowest BCUT2D eigenvalue weighted by atomic mass is 10.0. The third kappa shape index (κ3) is 5.33. The first-order valence-corrected chi connectivity index (χ1v) is 5.63. The molecule has 19 heavy (non-hydrogen) atoms. The average Bonchev–Trinajstić information content (AvgIpc) is 2.61. The van der Waals surface area contributed by atoms with Crippen LogP contribution in [0.15, 0.2) is 0 Å². The van der Waals surface area contributed by atoms with Crippen LogP contribution in [0.2, 0.25) is 0 Å². The van der Waals surface area contributed by atoms with Gasteiger partial charge in [-0.15, -0.1) is 0 Å². The summed E-state index contributed by atoms with van der Waals surface area (Å²) in [4.78, 5) is 22.2. The number of carboxylic acids is 1. The van der Waals surface area contributed by atoms with E-state index in [0.29, 0.717) is 0 Å². The number of nitrogens with one attached hydrogen (secondary N) is 2. The van der Waals surface area contributed by atoms with Crippen LogP contribution in [-0.2, 0) is 9.53 Å². The smallest absolute Gasteiger partial charge is 0.391 e. The maximum Gasteiger partial charge on any atom is 0.391 e. The molecule has 0 aliphatic carbocycles. The molecular weight excluding hydrogens is 269 g/mol. The summed E-state index contributed by atoms with van der Waals surface area (Å²) < 4.78 is 41.1. The minimum absolute atomic E-state index is 0.0258. The third-order valence-electron chi connectivity index (χ3n) is 2.63. The van der Waals surface area contributed by atoms with E-state index in [9.17, 15) is 22.8 Å². The standard InChI is InChI=1S/C10H15F3N2O4/c1-5(2-10(11,12)13)14-9(18)15-7-4-19-3-6(7)8(16)17/h5-7H,2-4H2,1H3,(H,16,17)(H2,14,15,18). The van der Waals surface area contributed by atoms with Crippen molar-refractivity contribution in [1.82, 2.24) is 10.6 Å². The van der Waals surface area contributed by atoms with Crippen LogP contribution >= 0.6 is 0 Å². The Morgan fingerprint density at radius 2 is 2.05 bits per heavy atom. The molecule has 1 aliphatic rings. The van der Waals surface area contributed by atoms with Crippen molar-refractivity contribution in [1.29, 1.82) is 0 Å². The van der Waals surface area contributed by atoms with Gasteiger partial charge in [-0.25, -0.2) is 4.79 Å². The fourth-order valence-corrected chi connectivity index (χ4v) is 1.77. The number of ether oxygens (including phenoxy) is 1. The first kappa shape index (κ1) is 15.5. The number of halogens is 3. The molecule has 0 radical (unpaired) electrons. The molecule has 110 valence electrons. The Morgan fingerprint density at radius 3 is 2.58 bits per heavy atom. The summed E-state index contributed by atoms with van der Waals surface area (Å²) in [7, 11) is 0. The first-order valence-electron chi connectivity index (χ1n) is 5.63. The zero-order chi connectivity index (χ0) is 14.6. The molecule has 1 heterocycles. The number of aliphatic carboxylic acids is 1. The Morgan fingerprint density at radius 1 is 1.42 bits per heavy atom. The summed E-state index contributed by atoms with van der Waals surface area (Å²) in [6, 6.07) is -2.67. The molecule has 0 aromatic heterocycles. The second-order valence-electron chi connectivity index (χ2n) is 4.43. The Kier molecular flexibility index (Phi) is 4.98. The number of carboxylic acid groups (broad SMARTS) is 1. The summed E-state index contributed by atoms with van der Waals surface area (Å²) in [5.41, 5.74) is 0. The number of carbonyl (C=O) groups excluding carboxylic acids is 1. The van der Waals surface area contributed by atoms with Crippen LogP contribution in [0, 0.1) is 5.92 Å². The molecule has 6 nitrogen and oxygen atoms in total. The second kappa shape index (κ2) is 6.09. The summed E-state index contributed by atoms with van der Waals surface area (Å²) >= 11 is 0. The Bertz CT molecular complexity index is 348. The minimum Gasteiger partial charge on any atom is -0.481 e. The van der Waals surface area contributed by atoms with E-state index in [1.165, 1.54) is 6.92 Å². The van der Waals surface area contributed by atoms with Gasteiger partial charge in [0.1, 0.15) is 5.92 Å². The normalized spacial score (nSPS) is 24.8. The van der Waals surface area contributed by atoms with Crippen molar-refractivity contribution in [2.75, 3.05) is 13.2 Å². The van der Waals surface area contributed by atoms with Crippen molar-refractivity contribution in [3.8, 4) is 0 Å². The third-order valence-corrected chi connectivity index (χ3v) is 2.63. The van der Waals surface area contributed by atoms with E-state index in [4.69, 9.17) is 9.84 Å². The summed E-state index contributed by atoms with van der Waals surface area (Å²) in [5.74, 6) is -2.00. The summed E-state index contributed by atoms with van der Waals surface area (Å²) in [6.45, 7) is 1.21. The van der Waals surface area contributed by atoms with E-state index >= 15 is 0 Å². The number of carbonyl (C=O) groups is 2. The minimum atomic E-state index is -4.37. The highest BCUT2D eigenvalue weighted by molar-refractivity contribution is 5.77. The van der Waals surface area contributed by atoms with E-state index < -0.39 is 42.6 Å². The fourth-order valence-electron chi connectivity index (χ4n) is 1.77. The lowest BCUT2D eigenvalue weighted by molar-refractivity contribution is -0.142. The monoisotopic (exact) mass is 284 g/mol.